The van der Waals surface area contributed by atoms with Gasteiger partial charge in [-0.25, -0.2) is 0 Å². The highest BCUT2D eigenvalue weighted by atomic mass is 32.2. The topological polar surface area (TPSA) is 35.9 Å². The Balaban J connectivity index is 1.35. The van der Waals surface area contributed by atoms with Crippen LogP contribution in [0.1, 0.15) is 76.8 Å². The van der Waals surface area contributed by atoms with Gasteiger partial charge in [-0.15, -0.1) is 0 Å². The van der Waals surface area contributed by atoms with Crippen LogP contribution in [-0.2, 0) is 4.79 Å². The first-order valence-electron chi connectivity index (χ1n) is 12.3. The molecule has 2 atom stereocenters. The zero-order valence-electron chi connectivity index (χ0n) is 19.7. The van der Waals surface area contributed by atoms with Crippen LogP contribution in [0, 0.1) is 5.92 Å². The number of aliphatic imine (C=N–C) groups is 1. The number of carbonyl (C=O) groups excluding carboxylic acids is 1. The smallest absolute Gasteiger partial charge is 0.238 e. The van der Waals surface area contributed by atoms with Gasteiger partial charge >= 0.3 is 0 Å². The summed E-state index contributed by atoms with van der Waals surface area (Å²) in [4.78, 5) is 23.2. The number of amides is 1. The average molecular weight is 442 g/mol. The number of piperidine rings is 1. The molecule has 1 amide bonds. The number of benzene rings is 1. The van der Waals surface area contributed by atoms with Gasteiger partial charge in [0, 0.05) is 31.2 Å². The first-order chi connectivity index (χ1) is 15.0. The summed E-state index contributed by atoms with van der Waals surface area (Å²) in [6.07, 6.45) is 6.29. The molecule has 1 aliphatic carbocycles. The van der Waals surface area contributed by atoms with Gasteiger partial charge in [0.15, 0.2) is 0 Å². The van der Waals surface area contributed by atoms with Crippen molar-refractivity contribution in [1.29, 1.82) is 0 Å². The van der Waals surface area contributed by atoms with Gasteiger partial charge in [-0.1, -0.05) is 56.8 Å². The predicted molar refractivity (Wildman–Crippen MR) is 132 cm³/mol. The Kier molecular flexibility index (Phi) is 7.43. The lowest BCUT2D eigenvalue weighted by atomic mass is 9.98. The zero-order chi connectivity index (χ0) is 22.0. The molecule has 1 aromatic carbocycles. The van der Waals surface area contributed by atoms with Crippen molar-refractivity contribution in [2.75, 3.05) is 26.2 Å². The molecule has 4 nitrogen and oxygen atoms in total. The van der Waals surface area contributed by atoms with Crippen molar-refractivity contribution < 1.29 is 4.79 Å². The van der Waals surface area contributed by atoms with E-state index in [9.17, 15) is 4.79 Å². The molecule has 2 unspecified atom stereocenters. The number of thioether (sulfide) groups is 1. The number of nitrogens with zero attached hydrogens (tertiary/aromatic N) is 3. The Bertz CT molecular complexity index is 796. The standard InChI is InChI=1S/C26H39N3OS/c1-5-14-29(17-20-10-11-20)21-12-15-28(16-13-21)26(30)24-19(4)27-25(31-24)23-9-7-6-8-22(23)18(2)3/h6-9,18-21,24H,5,10-17H2,1-4H3. The van der Waals surface area contributed by atoms with Crippen LogP contribution in [0.5, 0.6) is 0 Å². The minimum Gasteiger partial charge on any atom is -0.342 e. The number of likely N-dealkylation sites (tertiary alicyclic amines) is 1. The van der Waals surface area contributed by atoms with Crippen molar-refractivity contribution in [3.63, 3.8) is 0 Å². The highest BCUT2D eigenvalue weighted by molar-refractivity contribution is 8.15. The zero-order valence-corrected chi connectivity index (χ0v) is 20.5. The molecule has 3 aliphatic rings. The molecule has 0 radical (unpaired) electrons. The van der Waals surface area contributed by atoms with Crippen LogP contribution >= 0.6 is 11.8 Å². The number of hydrogen-bond acceptors (Lipinski definition) is 4. The summed E-state index contributed by atoms with van der Waals surface area (Å²) >= 11 is 1.69. The van der Waals surface area contributed by atoms with E-state index in [1.165, 1.54) is 43.5 Å². The Morgan fingerprint density at radius 3 is 2.55 bits per heavy atom. The van der Waals surface area contributed by atoms with Crippen molar-refractivity contribution in [2.24, 2.45) is 10.9 Å². The second-order valence-corrected chi connectivity index (χ2v) is 11.1. The third-order valence-electron chi connectivity index (χ3n) is 7.05. The minimum atomic E-state index is -0.0787. The van der Waals surface area contributed by atoms with Crippen molar-refractivity contribution in [1.82, 2.24) is 9.80 Å². The summed E-state index contributed by atoms with van der Waals surface area (Å²) in [5.74, 6) is 1.68. The number of hydrogen-bond donors (Lipinski definition) is 0. The van der Waals surface area contributed by atoms with Crippen LogP contribution in [0.4, 0.5) is 0 Å². The van der Waals surface area contributed by atoms with E-state index >= 15 is 0 Å². The largest absolute Gasteiger partial charge is 0.342 e. The summed E-state index contributed by atoms with van der Waals surface area (Å²) < 4.78 is 0. The summed E-state index contributed by atoms with van der Waals surface area (Å²) in [6, 6.07) is 9.23. The Morgan fingerprint density at radius 2 is 1.90 bits per heavy atom. The normalized spacial score (nSPS) is 24.8. The maximum atomic E-state index is 13.4. The average Bonchev–Trinajstić information content (AvgIpc) is 3.52. The summed E-state index contributed by atoms with van der Waals surface area (Å²) in [7, 11) is 0. The van der Waals surface area contributed by atoms with Crippen LogP contribution in [-0.4, -0.2) is 64.3 Å². The molecular formula is C26H39N3OS. The third kappa shape index (κ3) is 5.36. The van der Waals surface area contributed by atoms with Gasteiger partial charge in [-0.3, -0.25) is 14.7 Å². The van der Waals surface area contributed by atoms with E-state index in [0.717, 1.165) is 36.9 Å². The first-order valence-corrected chi connectivity index (χ1v) is 13.2. The molecule has 0 aromatic heterocycles. The van der Waals surface area contributed by atoms with Crippen molar-refractivity contribution in [3.05, 3.63) is 35.4 Å². The molecule has 2 heterocycles. The molecule has 1 saturated carbocycles. The van der Waals surface area contributed by atoms with E-state index in [4.69, 9.17) is 4.99 Å². The van der Waals surface area contributed by atoms with E-state index in [0.29, 0.717) is 17.9 Å². The fourth-order valence-electron chi connectivity index (χ4n) is 5.06. The third-order valence-corrected chi connectivity index (χ3v) is 8.45. The minimum absolute atomic E-state index is 0.0388. The molecule has 0 bridgehead atoms. The molecule has 0 spiro atoms. The fourth-order valence-corrected chi connectivity index (χ4v) is 6.35. The summed E-state index contributed by atoms with van der Waals surface area (Å²) in [5, 5.41) is 0.966. The second-order valence-electron chi connectivity index (χ2n) is 9.95. The van der Waals surface area contributed by atoms with Gasteiger partial charge in [0.25, 0.3) is 0 Å². The van der Waals surface area contributed by atoms with Gasteiger partial charge in [0.05, 0.1) is 11.1 Å². The monoisotopic (exact) mass is 441 g/mol. The van der Waals surface area contributed by atoms with Crippen LogP contribution < -0.4 is 0 Å². The van der Waals surface area contributed by atoms with E-state index in [2.05, 4.69) is 61.8 Å². The summed E-state index contributed by atoms with van der Waals surface area (Å²) in [5.41, 5.74) is 2.53. The van der Waals surface area contributed by atoms with Crippen LogP contribution in [0.15, 0.2) is 29.3 Å². The maximum absolute atomic E-state index is 13.4. The van der Waals surface area contributed by atoms with Gasteiger partial charge in [0.2, 0.25) is 5.91 Å². The molecule has 170 valence electrons. The molecule has 0 N–H and O–H groups in total. The van der Waals surface area contributed by atoms with Gasteiger partial charge in [0.1, 0.15) is 5.25 Å². The molecule has 31 heavy (non-hydrogen) atoms. The van der Waals surface area contributed by atoms with E-state index in [1.54, 1.807) is 11.8 Å². The van der Waals surface area contributed by atoms with Crippen LogP contribution in [0.25, 0.3) is 0 Å². The molecule has 1 aromatic rings. The van der Waals surface area contributed by atoms with E-state index in [1.807, 2.05) is 0 Å². The Hall–Kier alpha value is -1.33. The quantitative estimate of drug-likeness (QED) is 0.558. The Labute approximate surface area is 192 Å². The van der Waals surface area contributed by atoms with Crippen molar-refractivity contribution >= 4 is 22.7 Å². The van der Waals surface area contributed by atoms with Crippen LogP contribution in [0.2, 0.25) is 0 Å². The molecule has 5 heteroatoms. The van der Waals surface area contributed by atoms with E-state index < -0.39 is 0 Å². The van der Waals surface area contributed by atoms with Gasteiger partial charge in [-0.05, 0) is 63.0 Å². The highest BCUT2D eigenvalue weighted by Crippen LogP contribution is 2.36. The Morgan fingerprint density at radius 1 is 1.19 bits per heavy atom. The molecule has 1 saturated heterocycles. The number of carbonyl (C=O) groups is 1. The van der Waals surface area contributed by atoms with Crippen LogP contribution in [0.3, 0.4) is 0 Å². The molecular weight excluding hydrogens is 402 g/mol. The lowest BCUT2D eigenvalue weighted by molar-refractivity contribution is -0.132. The maximum Gasteiger partial charge on any atom is 0.238 e. The predicted octanol–water partition coefficient (Wildman–Crippen LogP) is 5.17. The first kappa shape index (κ1) is 22.8. The molecule has 2 aliphatic heterocycles. The lowest BCUT2D eigenvalue weighted by Gasteiger charge is -2.39. The van der Waals surface area contributed by atoms with Gasteiger partial charge in [-0.2, -0.15) is 0 Å². The van der Waals surface area contributed by atoms with Crippen molar-refractivity contribution in [2.45, 2.75) is 83.1 Å². The van der Waals surface area contributed by atoms with E-state index in [-0.39, 0.29) is 11.3 Å². The number of rotatable bonds is 8. The molecule has 4 rings (SSSR count). The lowest BCUT2D eigenvalue weighted by Crippen LogP contribution is -2.50. The fraction of sp³-hybridized carbons (Fsp3) is 0.692. The van der Waals surface area contributed by atoms with Crippen molar-refractivity contribution in [3.8, 4) is 0 Å². The highest BCUT2D eigenvalue weighted by Gasteiger charge is 2.38. The molecule has 2 fully saturated rings. The summed E-state index contributed by atoms with van der Waals surface area (Å²) in [6.45, 7) is 13.1. The SMILES string of the molecule is CCCN(CC1CC1)C1CCN(C(=O)C2SC(c3ccccc3C(C)C)=NC2C)CC1. The van der Waals surface area contributed by atoms with Gasteiger partial charge < -0.3 is 4.90 Å². The second kappa shape index (κ2) is 10.1.